The number of para-hydroxylation sites is 1. The number of amides is 1. The summed E-state index contributed by atoms with van der Waals surface area (Å²) in [6, 6.07) is 13.4. The van der Waals surface area contributed by atoms with Crippen molar-refractivity contribution in [3.05, 3.63) is 59.4 Å². The number of carbonyl (C=O) groups is 1. The molecule has 1 heterocycles. The molecule has 0 aliphatic heterocycles. The predicted octanol–water partition coefficient (Wildman–Crippen LogP) is 4.49. The van der Waals surface area contributed by atoms with Gasteiger partial charge in [-0.15, -0.1) is 10.2 Å². The zero-order valence-corrected chi connectivity index (χ0v) is 19.2. The molecule has 0 bridgehead atoms. The van der Waals surface area contributed by atoms with Gasteiger partial charge in [0.25, 0.3) is 0 Å². The Hall–Kier alpha value is -3.00. The standard InChI is InChI=1S/C23H28N4O3S/c1-5-17-9-7-8-16(3)22(17)24-21(28)15-31-23-26-25-20(27(23)6-2)14-30-19-12-10-18(29-4)11-13-19/h7-13H,5-6,14-15H2,1-4H3,(H,24,28). The number of aryl methyl sites for hydroxylation is 2. The van der Waals surface area contributed by atoms with Crippen molar-refractivity contribution in [3.8, 4) is 11.5 Å². The Morgan fingerprint density at radius 3 is 2.52 bits per heavy atom. The topological polar surface area (TPSA) is 78.3 Å². The maximum Gasteiger partial charge on any atom is 0.234 e. The minimum absolute atomic E-state index is 0.0596. The first-order valence-electron chi connectivity index (χ1n) is 10.3. The number of hydrogen-bond acceptors (Lipinski definition) is 6. The Morgan fingerprint density at radius 2 is 1.84 bits per heavy atom. The fourth-order valence-electron chi connectivity index (χ4n) is 3.18. The van der Waals surface area contributed by atoms with E-state index in [9.17, 15) is 4.79 Å². The number of nitrogens with one attached hydrogen (secondary N) is 1. The highest BCUT2D eigenvalue weighted by molar-refractivity contribution is 7.99. The van der Waals surface area contributed by atoms with Crippen molar-refractivity contribution in [3.63, 3.8) is 0 Å². The predicted molar refractivity (Wildman–Crippen MR) is 123 cm³/mol. The quantitative estimate of drug-likeness (QED) is 0.468. The third-order valence-corrected chi connectivity index (χ3v) is 5.84. The summed E-state index contributed by atoms with van der Waals surface area (Å²) in [7, 11) is 1.63. The van der Waals surface area contributed by atoms with Crippen LogP contribution in [0.5, 0.6) is 11.5 Å². The number of ether oxygens (including phenoxy) is 2. The molecule has 3 aromatic rings. The third kappa shape index (κ3) is 5.79. The lowest BCUT2D eigenvalue weighted by Gasteiger charge is -2.13. The number of benzene rings is 2. The maximum absolute atomic E-state index is 12.6. The van der Waals surface area contributed by atoms with Gasteiger partial charge in [0.1, 0.15) is 18.1 Å². The van der Waals surface area contributed by atoms with Crippen LogP contribution in [0.4, 0.5) is 5.69 Å². The first kappa shape index (κ1) is 22.7. The Balaban J connectivity index is 1.59. The molecule has 0 saturated heterocycles. The highest BCUT2D eigenvalue weighted by Gasteiger charge is 2.15. The van der Waals surface area contributed by atoms with Crippen molar-refractivity contribution in [1.82, 2.24) is 14.8 Å². The van der Waals surface area contributed by atoms with E-state index in [1.54, 1.807) is 7.11 Å². The van der Waals surface area contributed by atoms with Crippen LogP contribution in [-0.4, -0.2) is 33.5 Å². The average Bonchev–Trinajstić information content (AvgIpc) is 3.19. The maximum atomic E-state index is 12.6. The summed E-state index contributed by atoms with van der Waals surface area (Å²) in [5.74, 6) is 2.42. The monoisotopic (exact) mass is 440 g/mol. The third-order valence-electron chi connectivity index (χ3n) is 4.87. The summed E-state index contributed by atoms with van der Waals surface area (Å²) < 4.78 is 12.9. The Bertz CT molecular complexity index is 1020. The van der Waals surface area contributed by atoms with Crippen molar-refractivity contribution in [2.24, 2.45) is 0 Å². The van der Waals surface area contributed by atoms with Crippen molar-refractivity contribution < 1.29 is 14.3 Å². The molecule has 8 heteroatoms. The second-order valence-electron chi connectivity index (χ2n) is 6.91. The van der Waals surface area contributed by atoms with E-state index >= 15 is 0 Å². The van der Waals surface area contributed by atoms with Gasteiger partial charge in [-0.25, -0.2) is 0 Å². The molecule has 0 spiro atoms. The van der Waals surface area contributed by atoms with Gasteiger partial charge in [-0.2, -0.15) is 0 Å². The molecule has 7 nitrogen and oxygen atoms in total. The fraction of sp³-hybridized carbons (Fsp3) is 0.348. The first-order chi connectivity index (χ1) is 15.0. The van der Waals surface area contributed by atoms with E-state index in [1.165, 1.54) is 11.8 Å². The summed E-state index contributed by atoms with van der Waals surface area (Å²) >= 11 is 1.37. The van der Waals surface area contributed by atoms with E-state index in [0.717, 1.165) is 34.7 Å². The van der Waals surface area contributed by atoms with Gasteiger partial charge in [0.2, 0.25) is 5.91 Å². The van der Waals surface area contributed by atoms with Crippen LogP contribution in [0.25, 0.3) is 0 Å². The second kappa shape index (κ2) is 10.9. The smallest absolute Gasteiger partial charge is 0.234 e. The van der Waals surface area contributed by atoms with Crippen LogP contribution in [0.1, 0.15) is 30.8 Å². The van der Waals surface area contributed by atoms with Crippen molar-refractivity contribution in [2.75, 3.05) is 18.2 Å². The van der Waals surface area contributed by atoms with Gasteiger partial charge in [-0.05, 0) is 55.7 Å². The molecule has 0 aliphatic carbocycles. The van der Waals surface area contributed by atoms with E-state index in [1.807, 2.05) is 60.9 Å². The molecule has 3 rings (SSSR count). The van der Waals surface area contributed by atoms with Crippen LogP contribution in [0.15, 0.2) is 47.6 Å². The molecule has 0 aliphatic rings. The van der Waals surface area contributed by atoms with Gasteiger partial charge in [-0.3, -0.25) is 4.79 Å². The van der Waals surface area contributed by atoms with Crippen LogP contribution in [-0.2, 0) is 24.4 Å². The lowest BCUT2D eigenvalue weighted by atomic mass is 10.1. The van der Waals surface area contributed by atoms with E-state index in [2.05, 4.69) is 22.4 Å². The summed E-state index contributed by atoms with van der Waals surface area (Å²) in [6.45, 7) is 7.09. The number of rotatable bonds is 10. The van der Waals surface area contributed by atoms with Gasteiger partial charge in [-0.1, -0.05) is 36.9 Å². The van der Waals surface area contributed by atoms with Gasteiger partial charge in [0.15, 0.2) is 11.0 Å². The van der Waals surface area contributed by atoms with E-state index in [4.69, 9.17) is 9.47 Å². The highest BCUT2D eigenvalue weighted by Crippen LogP contribution is 2.23. The average molecular weight is 441 g/mol. The summed E-state index contributed by atoms with van der Waals surface area (Å²) in [5.41, 5.74) is 3.10. The molecule has 1 amide bonds. The molecule has 0 atom stereocenters. The fourth-order valence-corrected chi connectivity index (χ4v) is 4.00. The number of hydrogen-bond donors (Lipinski definition) is 1. The Labute approximate surface area is 187 Å². The SMILES string of the molecule is CCc1cccc(C)c1NC(=O)CSc1nnc(COc2ccc(OC)cc2)n1CC. The highest BCUT2D eigenvalue weighted by atomic mass is 32.2. The summed E-state index contributed by atoms with van der Waals surface area (Å²) in [6.07, 6.45) is 0.867. The van der Waals surface area contributed by atoms with Crippen LogP contribution in [0.2, 0.25) is 0 Å². The van der Waals surface area contributed by atoms with Crippen LogP contribution in [0, 0.1) is 6.92 Å². The first-order valence-corrected chi connectivity index (χ1v) is 11.2. The van der Waals surface area contributed by atoms with Gasteiger partial charge >= 0.3 is 0 Å². The van der Waals surface area contributed by atoms with E-state index in [0.29, 0.717) is 24.1 Å². The number of carbonyl (C=O) groups excluding carboxylic acids is 1. The Kier molecular flexibility index (Phi) is 7.94. The summed E-state index contributed by atoms with van der Waals surface area (Å²) in [5, 5.41) is 12.3. The van der Waals surface area contributed by atoms with Gasteiger partial charge in [0, 0.05) is 12.2 Å². The summed E-state index contributed by atoms with van der Waals surface area (Å²) in [4.78, 5) is 12.6. The zero-order valence-electron chi connectivity index (χ0n) is 18.3. The van der Waals surface area contributed by atoms with Gasteiger partial charge < -0.3 is 19.4 Å². The van der Waals surface area contributed by atoms with Crippen molar-refractivity contribution >= 4 is 23.4 Å². The number of aromatic nitrogens is 3. The molecule has 1 aromatic heterocycles. The minimum atomic E-state index is -0.0596. The number of anilines is 1. The van der Waals surface area contributed by atoms with Gasteiger partial charge in [0.05, 0.1) is 12.9 Å². The second-order valence-corrected chi connectivity index (χ2v) is 7.85. The van der Waals surface area contributed by atoms with Crippen LogP contribution >= 0.6 is 11.8 Å². The normalized spacial score (nSPS) is 10.7. The molecule has 0 saturated carbocycles. The Morgan fingerprint density at radius 1 is 1.10 bits per heavy atom. The van der Waals surface area contributed by atoms with E-state index < -0.39 is 0 Å². The number of thioether (sulfide) groups is 1. The molecule has 0 radical (unpaired) electrons. The molecule has 2 aromatic carbocycles. The van der Waals surface area contributed by atoms with Crippen molar-refractivity contribution in [2.45, 2.75) is 45.5 Å². The van der Waals surface area contributed by atoms with Crippen LogP contribution in [0.3, 0.4) is 0 Å². The van der Waals surface area contributed by atoms with E-state index in [-0.39, 0.29) is 11.7 Å². The van der Waals surface area contributed by atoms with Crippen molar-refractivity contribution in [1.29, 1.82) is 0 Å². The molecule has 31 heavy (non-hydrogen) atoms. The molecular weight excluding hydrogens is 412 g/mol. The molecule has 0 fully saturated rings. The molecular formula is C23H28N4O3S. The lowest BCUT2D eigenvalue weighted by Crippen LogP contribution is -2.17. The molecule has 164 valence electrons. The molecule has 1 N–H and O–H groups in total. The minimum Gasteiger partial charge on any atom is -0.497 e. The number of methoxy groups -OCH3 is 1. The largest absolute Gasteiger partial charge is 0.497 e. The van der Waals surface area contributed by atoms with Crippen LogP contribution < -0.4 is 14.8 Å². The number of nitrogens with zero attached hydrogens (tertiary/aromatic N) is 3. The lowest BCUT2D eigenvalue weighted by molar-refractivity contribution is -0.113. The molecule has 0 unspecified atom stereocenters. The zero-order chi connectivity index (χ0) is 22.2.